The number of alkyl halides is 1. The molecule has 5 nitrogen and oxygen atoms in total. The highest BCUT2D eigenvalue weighted by Gasteiger charge is 2.38. The Hall–Kier alpha value is -2.37. The Morgan fingerprint density at radius 3 is 2.62 bits per heavy atom. The summed E-state index contributed by atoms with van der Waals surface area (Å²) in [6.45, 7) is 4.49. The average molecular weight is 331 g/mol. The van der Waals surface area contributed by atoms with Gasteiger partial charge in [0.25, 0.3) is 5.91 Å². The summed E-state index contributed by atoms with van der Waals surface area (Å²) in [5.74, 6) is 0.509. The molecule has 1 aromatic heterocycles. The van der Waals surface area contributed by atoms with Crippen LogP contribution in [0, 0.1) is 13.8 Å². The van der Waals surface area contributed by atoms with Crippen LogP contribution >= 0.6 is 0 Å². The zero-order valence-corrected chi connectivity index (χ0v) is 14.2. The van der Waals surface area contributed by atoms with E-state index in [2.05, 4.69) is 10.2 Å². The lowest BCUT2D eigenvalue weighted by Crippen LogP contribution is -2.43. The van der Waals surface area contributed by atoms with Gasteiger partial charge in [-0.05, 0) is 31.5 Å². The number of hydrogen-bond acceptors (Lipinski definition) is 3. The van der Waals surface area contributed by atoms with Crippen LogP contribution in [0.2, 0.25) is 0 Å². The van der Waals surface area contributed by atoms with E-state index in [1.54, 1.807) is 36.3 Å². The molecule has 0 atom stereocenters. The van der Waals surface area contributed by atoms with Gasteiger partial charge in [0.15, 0.2) is 5.69 Å². The molecule has 2 heterocycles. The second-order valence-electron chi connectivity index (χ2n) is 6.31. The third-order valence-corrected chi connectivity index (χ3v) is 4.89. The molecule has 6 heteroatoms. The van der Waals surface area contributed by atoms with Gasteiger partial charge < -0.3 is 9.64 Å². The van der Waals surface area contributed by atoms with Gasteiger partial charge in [0, 0.05) is 37.2 Å². The molecule has 1 amide bonds. The Morgan fingerprint density at radius 1 is 1.33 bits per heavy atom. The lowest BCUT2D eigenvalue weighted by atomic mass is 9.86. The Morgan fingerprint density at radius 2 is 2.04 bits per heavy atom. The average Bonchev–Trinajstić information content (AvgIpc) is 2.94. The lowest BCUT2D eigenvalue weighted by Gasteiger charge is -2.36. The maximum absolute atomic E-state index is 15.3. The van der Waals surface area contributed by atoms with Gasteiger partial charge in [-0.25, -0.2) is 4.39 Å². The number of likely N-dealkylation sites (tertiary alicyclic amines) is 1. The van der Waals surface area contributed by atoms with Crippen LogP contribution in [-0.2, 0) is 5.67 Å². The topological polar surface area (TPSA) is 58.2 Å². The van der Waals surface area contributed by atoms with Crippen LogP contribution in [0.25, 0.3) is 0 Å². The monoisotopic (exact) mass is 331 g/mol. The van der Waals surface area contributed by atoms with Crippen molar-refractivity contribution in [3.8, 4) is 5.75 Å². The Kier molecular flexibility index (Phi) is 4.30. The lowest BCUT2D eigenvalue weighted by molar-refractivity contribution is 0.0415. The molecule has 1 N–H and O–H groups in total. The molecular formula is C18H22FN3O2. The van der Waals surface area contributed by atoms with Crippen molar-refractivity contribution in [3.05, 3.63) is 46.8 Å². The molecular weight excluding hydrogens is 309 g/mol. The number of halogens is 1. The van der Waals surface area contributed by atoms with E-state index in [0.29, 0.717) is 30.1 Å². The molecule has 0 bridgehead atoms. The van der Waals surface area contributed by atoms with Gasteiger partial charge in [-0.15, -0.1) is 0 Å². The fraction of sp³-hybridized carbons (Fsp3) is 0.444. The first-order valence-electron chi connectivity index (χ1n) is 8.09. The number of nitrogens with zero attached hydrogens (tertiary/aromatic N) is 2. The van der Waals surface area contributed by atoms with E-state index in [0.717, 1.165) is 11.3 Å². The second-order valence-corrected chi connectivity index (χ2v) is 6.31. The molecule has 0 aliphatic carbocycles. The van der Waals surface area contributed by atoms with Gasteiger partial charge in [0.1, 0.15) is 11.4 Å². The summed E-state index contributed by atoms with van der Waals surface area (Å²) in [7, 11) is 1.57. The summed E-state index contributed by atoms with van der Waals surface area (Å²) in [6, 6.07) is 7.11. The number of carbonyl (C=O) groups is 1. The van der Waals surface area contributed by atoms with Crippen molar-refractivity contribution >= 4 is 5.91 Å². The standard InChI is InChI=1S/C18H22FN3O2/c1-12-13(2)20-21-16(12)17(23)22-9-7-18(19,8-10-22)14-5-4-6-15(11-14)24-3/h4-6,11H,7-10H2,1-3H3,(H,20,21). The molecule has 1 saturated heterocycles. The number of ether oxygens (including phenoxy) is 1. The van der Waals surface area contributed by atoms with E-state index in [4.69, 9.17) is 4.74 Å². The SMILES string of the molecule is COc1cccc(C2(F)CCN(C(=O)c3n[nH]c(C)c3C)CC2)c1. The molecule has 1 aliphatic heterocycles. The minimum atomic E-state index is -1.43. The normalized spacial score (nSPS) is 16.9. The number of piperidine rings is 1. The van der Waals surface area contributed by atoms with E-state index in [1.807, 2.05) is 13.8 Å². The van der Waals surface area contributed by atoms with Crippen LogP contribution in [0.15, 0.2) is 24.3 Å². The highest BCUT2D eigenvalue weighted by Crippen LogP contribution is 2.38. The van der Waals surface area contributed by atoms with E-state index >= 15 is 4.39 Å². The predicted molar refractivity (Wildman–Crippen MR) is 89.0 cm³/mol. The van der Waals surface area contributed by atoms with Gasteiger partial charge in [-0.2, -0.15) is 5.10 Å². The molecule has 1 aliphatic rings. The van der Waals surface area contributed by atoms with E-state index in [1.165, 1.54) is 0 Å². The number of hydrogen-bond donors (Lipinski definition) is 1. The van der Waals surface area contributed by atoms with Crippen molar-refractivity contribution in [1.29, 1.82) is 0 Å². The van der Waals surface area contributed by atoms with E-state index in [-0.39, 0.29) is 18.7 Å². The Bertz CT molecular complexity index is 748. The molecule has 3 rings (SSSR count). The molecule has 2 aromatic rings. The summed E-state index contributed by atoms with van der Waals surface area (Å²) < 4.78 is 20.5. The fourth-order valence-electron chi connectivity index (χ4n) is 3.10. The largest absolute Gasteiger partial charge is 0.497 e. The summed E-state index contributed by atoms with van der Waals surface area (Å²) in [4.78, 5) is 14.3. The van der Waals surface area contributed by atoms with Crippen LogP contribution in [0.3, 0.4) is 0 Å². The number of rotatable bonds is 3. The first-order chi connectivity index (χ1) is 11.4. The number of methoxy groups -OCH3 is 1. The van der Waals surface area contributed by atoms with Gasteiger partial charge in [0.05, 0.1) is 7.11 Å². The number of amides is 1. The Balaban J connectivity index is 1.73. The minimum Gasteiger partial charge on any atom is -0.497 e. The van der Waals surface area contributed by atoms with E-state index in [9.17, 15) is 4.79 Å². The smallest absolute Gasteiger partial charge is 0.274 e. The van der Waals surface area contributed by atoms with Crippen molar-refractivity contribution in [2.45, 2.75) is 32.4 Å². The van der Waals surface area contributed by atoms with Gasteiger partial charge in [-0.3, -0.25) is 9.89 Å². The molecule has 0 unspecified atom stereocenters. The van der Waals surface area contributed by atoms with Crippen LogP contribution < -0.4 is 4.74 Å². The third-order valence-electron chi connectivity index (χ3n) is 4.89. The van der Waals surface area contributed by atoms with Gasteiger partial charge in [0.2, 0.25) is 0 Å². The summed E-state index contributed by atoms with van der Waals surface area (Å²) in [5, 5.41) is 6.91. The Labute approximate surface area is 140 Å². The second kappa shape index (κ2) is 6.26. The number of aryl methyl sites for hydroxylation is 1. The van der Waals surface area contributed by atoms with Crippen molar-refractivity contribution in [2.24, 2.45) is 0 Å². The summed E-state index contributed by atoms with van der Waals surface area (Å²) in [6.07, 6.45) is 0.544. The minimum absolute atomic E-state index is 0.135. The highest BCUT2D eigenvalue weighted by molar-refractivity contribution is 5.94. The van der Waals surface area contributed by atoms with Crippen molar-refractivity contribution in [2.75, 3.05) is 20.2 Å². The van der Waals surface area contributed by atoms with Gasteiger partial charge in [-0.1, -0.05) is 12.1 Å². The summed E-state index contributed by atoms with van der Waals surface area (Å²) in [5.41, 5.74) is 1.35. The first kappa shape index (κ1) is 16.5. The fourth-order valence-corrected chi connectivity index (χ4v) is 3.10. The van der Waals surface area contributed by atoms with Crippen LogP contribution in [-0.4, -0.2) is 41.2 Å². The van der Waals surface area contributed by atoms with Gasteiger partial charge >= 0.3 is 0 Å². The number of benzene rings is 1. The zero-order valence-electron chi connectivity index (χ0n) is 14.2. The molecule has 128 valence electrons. The quantitative estimate of drug-likeness (QED) is 0.940. The number of aromatic amines is 1. The number of aromatic nitrogens is 2. The third kappa shape index (κ3) is 2.88. The molecule has 1 aromatic carbocycles. The maximum atomic E-state index is 15.3. The summed E-state index contributed by atoms with van der Waals surface area (Å²) >= 11 is 0. The highest BCUT2D eigenvalue weighted by atomic mass is 19.1. The van der Waals surface area contributed by atoms with Crippen molar-refractivity contribution < 1.29 is 13.9 Å². The van der Waals surface area contributed by atoms with E-state index < -0.39 is 5.67 Å². The van der Waals surface area contributed by atoms with Crippen LogP contribution in [0.5, 0.6) is 5.75 Å². The van der Waals surface area contributed by atoms with Crippen molar-refractivity contribution in [3.63, 3.8) is 0 Å². The van der Waals surface area contributed by atoms with Crippen LogP contribution in [0.1, 0.15) is 40.2 Å². The predicted octanol–water partition coefficient (Wildman–Crippen LogP) is 3.14. The molecule has 24 heavy (non-hydrogen) atoms. The number of nitrogens with one attached hydrogen (secondary N) is 1. The maximum Gasteiger partial charge on any atom is 0.274 e. The van der Waals surface area contributed by atoms with Crippen molar-refractivity contribution in [1.82, 2.24) is 15.1 Å². The zero-order chi connectivity index (χ0) is 17.3. The molecule has 0 spiro atoms. The molecule has 0 radical (unpaired) electrons. The molecule has 0 saturated carbocycles. The van der Waals surface area contributed by atoms with Crippen LogP contribution in [0.4, 0.5) is 4.39 Å². The first-order valence-corrected chi connectivity index (χ1v) is 8.09. The number of H-pyrrole nitrogens is 1. The molecule has 1 fully saturated rings. The number of carbonyl (C=O) groups excluding carboxylic acids is 1.